The lowest BCUT2D eigenvalue weighted by Gasteiger charge is -2.21. The summed E-state index contributed by atoms with van der Waals surface area (Å²) in [6.45, 7) is 8.11. The van der Waals surface area contributed by atoms with E-state index in [0.29, 0.717) is 0 Å². The van der Waals surface area contributed by atoms with Gasteiger partial charge in [-0.1, -0.05) is 35.4 Å². The largest absolute Gasteiger partial charge is 0.274 e. The Kier molecular flexibility index (Phi) is 2.93. The Morgan fingerprint density at radius 3 is 2.04 bits per heavy atom. The molecule has 0 N–H and O–H groups in total. The first-order valence-electron chi connectivity index (χ1n) is 8.22. The smallest absolute Gasteiger partial charge is 0.238 e. The Morgan fingerprint density at radius 2 is 1.52 bits per heavy atom. The van der Waals surface area contributed by atoms with Gasteiger partial charge in [-0.15, -0.1) is 0 Å². The number of aryl methyl sites for hydroxylation is 2. The summed E-state index contributed by atoms with van der Waals surface area (Å²) >= 11 is 0. The highest BCUT2D eigenvalue weighted by Crippen LogP contribution is 2.57. The lowest BCUT2D eigenvalue weighted by atomic mass is 9.85. The number of amides is 2. The molecule has 3 aliphatic rings. The fraction of sp³-hybridized carbons (Fsp3) is 0.400. The molecule has 1 aliphatic heterocycles. The molecule has 1 aromatic rings. The van der Waals surface area contributed by atoms with E-state index in [1.807, 2.05) is 32.0 Å². The van der Waals surface area contributed by atoms with Gasteiger partial charge in [-0.2, -0.15) is 0 Å². The molecule has 1 saturated carbocycles. The van der Waals surface area contributed by atoms with Gasteiger partial charge in [0.15, 0.2) is 0 Å². The zero-order valence-electron chi connectivity index (χ0n) is 14.0. The first kappa shape index (κ1) is 14.4. The van der Waals surface area contributed by atoms with Crippen LogP contribution in [0.3, 0.4) is 0 Å². The lowest BCUT2D eigenvalue weighted by molar-refractivity contribution is -0.122. The second kappa shape index (κ2) is 4.67. The van der Waals surface area contributed by atoms with Crippen LogP contribution in [0.25, 0.3) is 0 Å². The number of hydrogen-bond donors (Lipinski definition) is 0. The minimum Gasteiger partial charge on any atom is -0.274 e. The summed E-state index contributed by atoms with van der Waals surface area (Å²) in [4.78, 5) is 27.6. The van der Waals surface area contributed by atoms with Crippen LogP contribution in [0.2, 0.25) is 0 Å². The predicted molar refractivity (Wildman–Crippen MR) is 89.9 cm³/mol. The third-order valence-corrected chi connectivity index (χ3v) is 5.60. The molecule has 0 spiro atoms. The molecule has 0 aromatic heterocycles. The molecule has 2 fully saturated rings. The molecule has 1 aromatic carbocycles. The van der Waals surface area contributed by atoms with Gasteiger partial charge in [0.1, 0.15) is 0 Å². The van der Waals surface area contributed by atoms with E-state index in [4.69, 9.17) is 0 Å². The molecule has 2 amide bonds. The zero-order valence-corrected chi connectivity index (χ0v) is 14.0. The van der Waals surface area contributed by atoms with Crippen molar-refractivity contribution in [2.75, 3.05) is 4.90 Å². The summed E-state index contributed by atoms with van der Waals surface area (Å²) < 4.78 is 0. The fourth-order valence-corrected chi connectivity index (χ4v) is 4.63. The molecule has 0 radical (unpaired) electrons. The van der Waals surface area contributed by atoms with E-state index in [2.05, 4.69) is 26.0 Å². The van der Waals surface area contributed by atoms with Crippen LogP contribution in [0.4, 0.5) is 5.69 Å². The average Bonchev–Trinajstić information content (AvgIpc) is 3.13. The molecular formula is C20H21NO2. The molecule has 23 heavy (non-hydrogen) atoms. The number of rotatable bonds is 1. The number of carbonyl (C=O) groups is 2. The number of carbonyl (C=O) groups excluding carboxylic acids is 2. The van der Waals surface area contributed by atoms with E-state index in [-0.39, 0.29) is 35.5 Å². The molecule has 3 nitrogen and oxygen atoms in total. The Balaban J connectivity index is 1.80. The van der Waals surface area contributed by atoms with Crippen molar-refractivity contribution in [3.63, 3.8) is 0 Å². The maximum absolute atomic E-state index is 13.1. The minimum atomic E-state index is -0.206. The standard InChI is InChI=1S/C20H21NO2/c1-10(2)16-13-7-8-14(16)18-17(13)19(22)21(20(18)23)15-9-11(3)5-6-12(15)4/h5-9,13-14,17-18H,1-4H3/t13-,14+,17-,18-/m0/s1. The number of anilines is 1. The molecule has 0 unspecified atom stereocenters. The Bertz CT molecular complexity index is 764. The Hall–Kier alpha value is -2.16. The Labute approximate surface area is 136 Å². The van der Waals surface area contributed by atoms with Gasteiger partial charge in [0.05, 0.1) is 17.5 Å². The summed E-state index contributed by atoms with van der Waals surface area (Å²) in [5.74, 6) is -0.235. The molecule has 2 bridgehead atoms. The quantitative estimate of drug-likeness (QED) is 0.587. The van der Waals surface area contributed by atoms with E-state index < -0.39 is 0 Å². The number of imide groups is 1. The van der Waals surface area contributed by atoms with Gasteiger partial charge in [0.2, 0.25) is 11.8 Å². The van der Waals surface area contributed by atoms with Gasteiger partial charge in [-0.05, 0) is 44.9 Å². The van der Waals surface area contributed by atoms with Crippen molar-refractivity contribution in [3.8, 4) is 0 Å². The monoisotopic (exact) mass is 307 g/mol. The second-order valence-electron chi connectivity index (χ2n) is 7.25. The second-order valence-corrected chi connectivity index (χ2v) is 7.25. The third kappa shape index (κ3) is 1.76. The van der Waals surface area contributed by atoms with Gasteiger partial charge in [-0.25, -0.2) is 4.90 Å². The number of hydrogen-bond acceptors (Lipinski definition) is 2. The average molecular weight is 307 g/mol. The predicted octanol–water partition coefficient (Wildman–Crippen LogP) is 3.56. The van der Waals surface area contributed by atoms with Crippen LogP contribution in [0.1, 0.15) is 25.0 Å². The van der Waals surface area contributed by atoms with Crippen molar-refractivity contribution >= 4 is 17.5 Å². The van der Waals surface area contributed by atoms with Crippen molar-refractivity contribution in [1.82, 2.24) is 0 Å². The SMILES string of the molecule is CC(C)=C1[C@H]2C=C[C@@H]1[C@@H]1C(=O)N(c3cc(C)ccc3C)C(=O)[C@H]12. The number of allylic oxidation sites excluding steroid dienone is 4. The first-order valence-corrected chi connectivity index (χ1v) is 8.22. The van der Waals surface area contributed by atoms with Gasteiger partial charge in [0, 0.05) is 11.8 Å². The van der Waals surface area contributed by atoms with Crippen LogP contribution >= 0.6 is 0 Å². The van der Waals surface area contributed by atoms with Crippen LogP contribution in [0.15, 0.2) is 41.5 Å². The summed E-state index contributed by atoms with van der Waals surface area (Å²) in [6, 6.07) is 5.94. The van der Waals surface area contributed by atoms with Gasteiger partial charge >= 0.3 is 0 Å². The van der Waals surface area contributed by atoms with Crippen LogP contribution < -0.4 is 4.90 Å². The summed E-state index contributed by atoms with van der Waals surface area (Å²) in [6.07, 6.45) is 4.26. The highest BCUT2D eigenvalue weighted by molar-refractivity contribution is 6.23. The maximum atomic E-state index is 13.1. The summed E-state index contributed by atoms with van der Waals surface area (Å²) in [7, 11) is 0. The highest BCUT2D eigenvalue weighted by atomic mass is 16.2. The third-order valence-electron chi connectivity index (χ3n) is 5.60. The van der Waals surface area contributed by atoms with Gasteiger partial charge in [0.25, 0.3) is 0 Å². The van der Waals surface area contributed by atoms with E-state index in [1.54, 1.807) is 0 Å². The lowest BCUT2D eigenvalue weighted by Crippen LogP contribution is -2.33. The van der Waals surface area contributed by atoms with Crippen molar-refractivity contribution in [3.05, 3.63) is 52.6 Å². The van der Waals surface area contributed by atoms with Crippen LogP contribution in [-0.4, -0.2) is 11.8 Å². The van der Waals surface area contributed by atoms with E-state index in [9.17, 15) is 9.59 Å². The van der Waals surface area contributed by atoms with E-state index in [0.717, 1.165) is 16.8 Å². The minimum absolute atomic E-state index is 0.0238. The summed E-state index contributed by atoms with van der Waals surface area (Å²) in [5, 5.41) is 0. The van der Waals surface area contributed by atoms with Gasteiger partial charge in [-0.3, -0.25) is 9.59 Å². The van der Waals surface area contributed by atoms with Crippen molar-refractivity contribution in [2.45, 2.75) is 27.7 Å². The molecule has 1 heterocycles. The maximum Gasteiger partial charge on any atom is 0.238 e. The molecular weight excluding hydrogens is 286 g/mol. The Morgan fingerprint density at radius 1 is 0.957 bits per heavy atom. The molecule has 4 atom stereocenters. The first-order chi connectivity index (χ1) is 10.9. The molecule has 4 rings (SSSR count). The molecule has 3 heteroatoms. The van der Waals surface area contributed by atoms with E-state index in [1.165, 1.54) is 16.0 Å². The summed E-state index contributed by atoms with van der Waals surface area (Å²) in [5.41, 5.74) is 5.34. The molecule has 2 aliphatic carbocycles. The fourth-order valence-electron chi connectivity index (χ4n) is 4.63. The normalized spacial score (nSPS) is 31.3. The van der Waals surface area contributed by atoms with Crippen LogP contribution in [0.5, 0.6) is 0 Å². The van der Waals surface area contributed by atoms with Crippen LogP contribution in [-0.2, 0) is 9.59 Å². The number of benzene rings is 1. The van der Waals surface area contributed by atoms with Crippen molar-refractivity contribution in [1.29, 1.82) is 0 Å². The van der Waals surface area contributed by atoms with Crippen molar-refractivity contribution in [2.24, 2.45) is 23.7 Å². The van der Waals surface area contributed by atoms with Crippen LogP contribution in [0, 0.1) is 37.5 Å². The molecule has 1 saturated heterocycles. The highest BCUT2D eigenvalue weighted by Gasteiger charge is 2.62. The number of nitrogens with zero attached hydrogens (tertiary/aromatic N) is 1. The topological polar surface area (TPSA) is 37.4 Å². The van der Waals surface area contributed by atoms with E-state index >= 15 is 0 Å². The molecule has 118 valence electrons. The van der Waals surface area contributed by atoms with Gasteiger partial charge < -0.3 is 0 Å². The van der Waals surface area contributed by atoms with Crippen molar-refractivity contribution < 1.29 is 9.59 Å². The number of fused-ring (bicyclic) bond motifs is 5. The zero-order chi connectivity index (χ0) is 16.5.